The van der Waals surface area contributed by atoms with Crippen LogP contribution < -0.4 is 11.1 Å². The van der Waals surface area contributed by atoms with Gasteiger partial charge in [-0.25, -0.2) is 4.79 Å². The van der Waals surface area contributed by atoms with Gasteiger partial charge in [0.05, 0.1) is 0 Å². The van der Waals surface area contributed by atoms with E-state index in [1.807, 2.05) is 27.7 Å². The Morgan fingerprint density at radius 2 is 2.11 bits per heavy atom. The van der Waals surface area contributed by atoms with Crippen LogP contribution in [-0.2, 0) is 4.74 Å². The molecule has 0 aliphatic heterocycles. The second-order valence-corrected chi connectivity index (χ2v) is 6.82. The van der Waals surface area contributed by atoms with Crippen LogP contribution in [0.1, 0.15) is 42.1 Å². The lowest BCUT2D eigenvalue weighted by molar-refractivity contribution is 0.0524. The first kappa shape index (κ1) is 15.0. The second kappa shape index (κ2) is 5.71. The highest BCUT2D eigenvalue weighted by Crippen LogP contribution is 2.24. The van der Waals surface area contributed by atoms with E-state index in [0.717, 1.165) is 5.56 Å². The van der Waals surface area contributed by atoms with E-state index in [4.69, 9.17) is 10.5 Å². The SMILES string of the molecule is Cc1cc(C(N)CNC(=O)OC(C)(C)C)c(C)s1. The number of alkyl carbamates (subject to hydrolysis) is 1. The predicted molar refractivity (Wildman–Crippen MR) is 75.0 cm³/mol. The fourth-order valence-corrected chi connectivity index (χ4v) is 2.63. The van der Waals surface area contributed by atoms with Gasteiger partial charge in [0.15, 0.2) is 0 Å². The summed E-state index contributed by atoms with van der Waals surface area (Å²) in [5, 5.41) is 2.69. The molecule has 0 aliphatic carbocycles. The van der Waals surface area contributed by atoms with Crippen LogP contribution in [0, 0.1) is 13.8 Å². The predicted octanol–water partition coefficient (Wildman–Crippen LogP) is 2.89. The summed E-state index contributed by atoms with van der Waals surface area (Å²) in [6.07, 6.45) is -0.428. The average molecular weight is 270 g/mol. The number of hydrogen-bond acceptors (Lipinski definition) is 4. The van der Waals surface area contributed by atoms with Crippen LogP contribution in [-0.4, -0.2) is 18.2 Å². The normalized spacial score (nSPS) is 13.2. The summed E-state index contributed by atoms with van der Waals surface area (Å²) < 4.78 is 5.16. The van der Waals surface area contributed by atoms with E-state index in [9.17, 15) is 4.79 Å². The molecule has 0 saturated heterocycles. The highest BCUT2D eigenvalue weighted by atomic mass is 32.1. The van der Waals surface area contributed by atoms with Gasteiger partial charge in [-0.15, -0.1) is 11.3 Å². The van der Waals surface area contributed by atoms with Crippen molar-refractivity contribution in [1.82, 2.24) is 5.32 Å². The van der Waals surface area contributed by atoms with Crippen LogP contribution in [0.3, 0.4) is 0 Å². The van der Waals surface area contributed by atoms with Crippen molar-refractivity contribution in [3.63, 3.8) is 0 Å². The van der Waals surface area contributed by atoms with Crippen LogP contribution in [0.15, 0.2) is 6.07 Å². The van der Waals surface area contributed by atoms with Crippen LogP contribution >= 0.6 is 11.3 Å². The van der Waals surface area contributed by atoms with Gasteiger partial charge < -0.3 is 15.8 Å². The lowest BCUT2D eigenvalue weighted by atomic mass is 10.1. The first-order chi connectivity index (χ1) is 8.19. The number of amides is 1. The molecule has 5 heteroatoms. The number of carbonyl (C=O) groups is 1. The van der Waals surface area contributed by atoms with Gasteiger partial charge in [-0.2, -0.15) is 0 Å². The van der Waals surface area contributed by atoms with Gasteiger partial charge in [0.25, 0.3) is 0 Å². The number of nitrogens with two attached hydrogens (primary N) is 1. The molecule has 1 rings (SSSR count). The molecular weight excluding hydrogens is 248 g/mol. The van der Waals surface area contributed by atoms with E-state index in [1.165, 1.54) is 9.75 Å². The van der Waals surface area contributed by atoms with E-state index >= 15 is 0 Å². The quantitative estimate of drug-likeness (QED) is 0.887. The third-order valence-electron chi connectivity index (χ3n) is 2.34. The van der Waals surface area contributed by atoms with Crippen molar-refractivity contribution in [2.24, 2.45) is 5.73 Å². The molecule has 0 bridgehead atoms. The fraction of sp³-hybridized carbons (Fsp3) is 0.615. The van der Waals surface area contributed by atoms with Crippen molar-refractivity contribution in [2.45, 2.75) is 46.3 Å². The summed E-state index contributed by atoms with van der Waals surface area (Å²) in [4.78, 5) is 13.9. The fourth-order valence-electron chi connectivity index (χ4n) is 1.64. The molecule has 1 amide bonds. The molecule has 0 radical (unpaired) electrons. The van der Waals surface area contributed by atoms with E-state index in [1.54, 1.807) is 11.3 Å². The largest absolute Gasteiger partial charge is 0.444 e. The first-order valence-electron chi connectivity index (χ1n) is 5.98. The van der Waals surface area contributed by atoms with Crippen molar-refractivity contribution in [2.75, 3.05) is 6.54 Å². The molecule has 18 heavy (non-hydrogen) atoms. The Kier molecular flexibility index (Phi) is 4.76. The number of ether oxygens (including phenoxy) is 1. The van der Waals surface area contributed by atoms with E-state index in [-0.39, 0.29) is 6.04 Å². The maximum Gasteiger partial charge on any atom is 0.407 e. The minimum atomic E-state index is -0.483. The van der Waals surface area contributed by atoms with Gasteiger partial charge in [-0.05, 0) is 46.2 Å². The van der Waals surface area contributed by atoms with Crippen molar-refractivity contribution in [3.8, 4) is 0 Å². The number of rotatable bonds is 3. The van der Waals surface area contributed by atoms with Crippen molar-refractivity contribution in [3.05, 3.63) is 21.4 Å². The van der Waals surface area contributed by atoms with Gasteiger partial charge in [-0.1, -0.05) is 0 Å². The van der Waals surface area contributed by atoms with Gasteiger partial charge in [0, 0.05) is 22.3 Å². The molecule has 1 unspecified atom stereocenters. The van der Waals surface area contributed by atoms with Crippen LogP contribution in [0.4, 0.5) is 4.79 Å². The molecule has 1 heterocycles. The number of thiophene rings is 1. The molecule has 4 nitrogen and oxygen atoms in total. The lowest BCUT2D eigenvalue weighted by Gasteiger charge is -2.20. The molecule has 0 aliphatic rings. The zero-order chi connectivity index (χ0) is 13.9. The maximum atomic E-state index is 11.5. The molecule has 3 N–H and O–H groups in total. The minimum Gasteiger partial charge on any atom is -0.444 e. The number of hydrogen-bond donors (Lipinski definition) is 2. The number of carbonyl (C=O) groups excluding carboxylic acids is 1. The van der Waals surface area contributed by atoms with Crippen molar-refractivity contribution in [1.29, 1.82) is 0 Å². The van der Waals surface area contributed by atoms with E-state index in [0.29, 0.717) is 6.54 Å². The Hall–Kier alpha value is -1.07. The minimum absolute atomic E-state index is 0.192. The Morgan fingerprint density at radius 3 is 2.56 bits per heavy atom. The summed E-state index contributed by atoms with van der Waals surface area (Å²) in [7, 11) is 0. The molecule has 0 aromatic carbocycles. The molecule has 0 fully saturated rings. The van der Waals surface area contributed by atoms with Gasteiger partial charge >= 0.3 is 6.09 Å². The molecule has 1 aromatic rings. The average Bonchev–Trinajstić information content (AvgIpc) is 2.52. The Morgan fingerprint density at radius 1 is 1.50 bits per heavy atom. The third kappa shape index (κ3) is 4.66. The molecule has 102 valence electrons. The number of nitrogens with one attached hydrogen (secondary N) is 1. The van der Waals surface area contributed by atoms with Crippen LogP contribution in [0.2, 0.25) is 0 Å². The topological polar surface area (TPSA) is 64.3 Å². The highest BCUT2D eigenvalue weighted by molar-refractivity contribution is 7.12. The Bertz CT molecular complexity index is 421. The van der Waals surface area contributed by atoms with Crippen LogP contribution in [0.25, 0.3) is 0 Å². The summed E-state index contributed by atoms with van der Waals surface area (Å²) >= 11 is 1.72. The molecule has 1 aromatic heterocycles. The second-order valence-electron chi connectivity index (χ2n) is 5.36. The van der Waals surface area contributed by atoms with Crippen molar-refractivity contribution < 1.29 is 9.53 Å². The van der Waals surface area contributed by atoms with Gasteiger partial charge in [0.2, 0.25) is 0 Å². The molecule has 0 spiro atoms. The van der Waals surface area contributed by atoms with Gasteiger partial charge in [0.1, 0.15) is 5.60 Å². The molecule has 0 saturated carbocycles. The van der Waals surface area contributed by atoms with Gasteiger partial charge in [-0.3, -0.25) is 0 Å². The highest BCUT2D eigenvalue weighted by Gasteiger charge is 2.17. The Labute approximate surface area is 113 Å². The number of aryl methyl sites for hydroxylation is 2. The lowest BCUT2D eigenvalue weighted by Crippen LogP contribution is -2.36. The summed E-state index contributed by atoms with van der Waals surface area (Å²) in [5.41, 5.74) is 6.67. The third-order valence-corrected chi connectivity index (χ3v) is 3.33. The summed E-state index contributed by atoms with van der Waals surface area (Å²) in [6, 6.07) is 1.88. The molecule has 1 atom stereocenters. The zero-order valence-electron chi connectivity index (χ0n) is 11.7. The Balaban J connectivity index is 2.49. The van der Waals surface area contributed by atoms with E-state index < -0.39 is 11.7 Å². The van der Waals surface area contributed by atoms with Crippen molar-refractivity contribution >= 4 is 17.4 Å². The monoisotopic (exact) mass is 270 g/mol. The molecular formula is C13H22N2O2S. The zero-order valence-corrected chi connectivity index (χ0v) is 12.5. The van der Waals surface area contributed by atoms with Crippen LogP contribution in [0.5, 0.6) is 0 Å². The first-order valence-corrected chi connectivity index (χ1v) is 6.80. The smallest absolute Gasteiger partial charge is 0.407 e. The van der Waals surface area contributed by atoms with E-state index in [2.05, 4.69) is 18.3 Å². The summed E-state index contributed by atoms with van der Waals surface area (Å²) in [5.74, 6) is 0. The standard InChI is InChI=1S/C13H22N2O2S/c1-8-6-10(9(2)18-8)11(14)7-15-12(16)17-13(3,4)5/h6,11H,7,14H2,1-5H3,(H,15,16). The maximum absolute atomic E-state index is 11.5. The summed E-state index contributed by atoms with van der Waals surface area (Å²) in [6.45, 7) is 9.97.